The summed E-state index contributed by atoms with van der Waals surface area (Å²) >= 11 is 0. The zero-order valence-electron chi connectivity index (χ0n) is 11.2. The molecule has 2 saturated heterocycles. The molecule has 18 heavy (non-hydrogen) atoms. The molecule has 1 atom stereocenters. The highest BCUT2D eigenvalue weighted by molar-refractivity contribution is 5.78. The highest BCUT2D eigenvalue weighted by Gasteiger charge is 2.27. The Morgan fingerprint density at radius 2 is 2.06 bits per heavy atom. The zero-order chi connectivity index (χ0) is 12.8. The average Bonchev–Trinajstić information content (AvgIpc) is 2.90. The van der Waals surface area contributed by atoms with Crippen molar-refractivity contribution in [2.75, 3.05) is 39.3 Å². The van der Waals surface area contributed by atoms with Gasteiger partial charge in [0, 0.05) is 19.1 Å². The van der Waals surface area contributed by atoms with Gasteiger partial charge in [-0.15, -0.1) is 6.58 Å². The number of carbonyl (C=O) groups is 1. The minimum absolute atomic E-state index is 0.122. The van der Waals surface area contributed by atoms with Gasteiger partial charge in [-0.25, -0.2) is 0 Å². The third kappa shape index (κ3) is 3.82. The number of amides is 1. The normalized spacial score (nSPS) is 26.1. The first-order valence-corrected chi connectivity index (χ1v) is 7.13. The lowest BCUT2D eigenvalue weighted by Crippen LogP contribution is -2.49. The summed E-state index contributed by atoms with van der Waals surface area (Å²) in [5, 5.41) is 2.85. The molecule has 2 aliphatic rings. The quantitative estimate of drug-likeness (QED) is 0.736. The molecule has 102 valence electrons. The second-order valence-corrected chi connectivity index (χ2v) is 5.37. The number of nitrogens with zero attached hydrogens (tertiary/aromatic N) is 2. The summed E-state index contributed by atoms with van der Waals surface area (Å²) < 4.78 is 0. The highest BCUT2D eigenvalue weighted by atomic mass is 16.2. The predicted octanol–water partition coefficient (Wildman–Crippen LogP) is 0.849. The van der Waals surface area contributed by atoms with Crippen LogP contribution in [0.5, 0.6) is 0 Å². The molecule has 1 unspecified atom stereocenters. The molecule has 4 nitrogen and oxygen atoms in total. The first-order valence-electron chi connectivity index (χ1n) is 7.13. The number of hydrogen-bond acceptors (Lipinski definition) is 3. The number of hydrogen-bond donors (Lipinski definition) is 1. The standard InChI is InChI=1S/C14H25N3O/c1-2-7-15-14(18)12-16-8-5-6-13(11-16)17-9-3-4-10-17/h2,13H,1,3-12H2,(H,15,18). The fourth-order valence-electron chi connectivity index (χ4n) is 3.02. The van der Waals surface area contributed by atoms with Crippen LogP contribution in [0, 0.1) is 0 Å². The van der Waals surface area contributed by atoms with Gasteiger partial charge in [0.1, 0.15) is 0 Å². The van der Waals surface area contributed by atoms with Crippen molar-refractivity contribution < 1.29 is 4.79 Å². The Labute approximate surface area is 110 Å². The van der Waals surface area contributed by atoms with Crippen LogP contribution in [0.3, 0.4) is 0 Å². The second kappa shape index (κ2) is 6.90. The van der Waals surface area contributed by atoms with Gasteiger partial charge >= 0.3 is 0 Å². The molecular weight excluding hydrogens is 226 g/mol. The van der Waals surface area contributed by atoms with Crippen LogP contribution in [-0.2, 0) is 4.79 Å². The molecule has 2 rings (SSSR count). The fraction of sp³-hybridized carbons (Fsp3) is 0.786. The van der Waals surface area contributed by atoms with Crippen molar-refractivity contribution in [1.82, 2.24) is 15.1 Å². The average molecular weight is 251 g/mol. The van der Waals surface area contributed by atoms with Crippen molar-refractivity contribution in [3.8, 4) is 0 Å². The monoisotopic (exact) mass is 251 g/mol. The van der Waals surface area contributed by atoms with Crippen LogP contribution in [0.15, 0.2) is 12.7 Å². The molecule has 0 radical (unpaired) electrons. The summed E-state index contributed by atoms with van der Waals surface area (Å²) in [6.07, 6.45) is 6.93. The van der Waals surface area contributed by atoms with E-state index in [1.807, 2.05) is 0 Å². The summed E-state index contributed by atoms with van der Waals surface area (Å²) in [6, 6.07) is 0.674. The number of carbonyl (C=O) groups excluding carboxylic acids is 1. The lowest BCUT2D eigenvalue weighted by Gasteiger charge is -2.37. The maximum absolute atomic E-state index is 11.7. The number of nitrogens with one attached hydrogen (secondary N) is 1. The van der Waals surface area contributed by atoms with E-state index in [1.54, 1.807) is 6.08 Å². The van der Waals surface area contributed by atoms with E-state index in [0.717, 1.165) is 13.1 Å². The first-order chi connectivity index (χ1) is 8.79. The molecule has 0 spiro atoms. The molecule has 2 fully saturated rings. The van der Waals surface area contributed by atoms with Gasteiger partial charge < -0.3 is 5.32 Å². The molecule has 0 aromatic heterocycles. The minimum Gasteiger partial charge on any atom is -0.352 e. The van der Waals surface area contributed by atoms with E-state index in [4.69, 9.17) is 0 Å². The number of rotatable bonds is 5. The molecule has 0 aromatic rings. The smallest absolute Gasteiger partial charge is 0.234 e. The Kier molecular flexibility index (Phi) is 5.20. The van der Waals surface area contributed by atoms with Crippen LogP contribution in [0.2, 0.25) is 0 Å². The van der Waals surface area contributed by atoms with Crippen LogP contribution >= 0.6 is 0 Å². The molecule has 0 aliphatic carbocycles. The maximum atomic E-state index is 11.7. The summed E-state index contributed by atoms with van der Waals surface area (Å²) in [7, 11) is 0. The van der Waals surface area contributed by atoms with E-state index in [9.17, 15) is 4.79 Å². The first kappa shape index (κ1) is 13.6. The Morgan fingerprint density at radius 1 is 1.28 bits per heavy atom. The van der Waals surface area contributed by atoms with Crippen molar-refractivity contribution in [3.63, 3.8) is 0 Å². The maximum Gasteiger partial charge on any atom is 0.234 e. The van der Waals surface area contributed by atoms with Gasteiger partial charge in [-0.05, 0) is 45.3 Å². The van der Waals surface area contributed by atoms with Crippen molar-refractivity contribution >= 4 is 5.91 Å². The largest absolute Gasteiger partial charge is 0.352 e. The van der Waals surface area contributed by atoms with E-state index >= 15 is 0 Å². The van der Waals surface area contributed by atoms with Gasteiger partial charge in [-0.1, -0.05) is 6.08 Å². The van der Waals surface area contributed by atoms with E-state index in [1.165, 1.54) is 38.8 Å². The third-order valence-corrected chi connectivity index (χ3v) is 3.95. The second-order valence-electron chi connectivity index (χ2n) is 5.37. The summed E-state index contributed by atoms with van der Waals surface area (Å²) in [5.74, 6) is 0.122. The van der Waals surface area contributed by atoms with Gasteiger partial charge in [0.25, 0.3) is 0 Å². The van der Waals surface area contributed by atoms with Crippen LogP contribution < -0.4 is 5.32 Å². The van der Waals surface area contributed by atoms with E-state index < -0.39 is 0 Å². The molecular formula is C14H25N3O. The van der Waals surface area contributed by atoms with Gasteiger partial charge in [-0.2, -0.15) is 0 Å². The van der Waals surface area contributed by atoms with Gasteiger partial charge in [0.2, 0.25) is 5.91 Å². The molecule has 1 N–H and O–H groups in total. The van der Waals surface area contributed by atoms with Crippen LogP contribution in [0.1, 0.15) is 25.7 Å². The lowest BCUT2D eigenvalue weighted by atomic mass is 10.0. The van der Waals surface area contributed by atoms with Crippen molar-refractivity contribution in [2.45, 2.75) is 31.7 Å². The molecule has 0 saturated carbocycles. The molecule has 0 aromatic carbocycles. The van der Waals surface area contributed by atoms with Crippen molar-refractivity contribution in [2.24, 2.45) is 0 Å². The SMILES string of the molecule is C=CCNC(=O)CN1CCCC(N2CCCC2)C1. The summed E-state index contributed by atoms with van der Waals surface area (Å²) in [4.78, 5) is 16.6. The van der Waals surface area contributed by atoms with Crippen LogP contribution in [0.4, 0.5) is 0 Å². The van der Waals surface area contributed by atoms with Crippen molar-refractivity contribution in [1.29, 1.82) is 0 Å². The minimum atomic E-state index is 0.122. The van der Waals surface area contributed by atoms with Gasteiger partial charge in [0.05, 0.1) is 6.54 Å². The molecule has 2 aliphatic heterocycles. The van der Waals surface area contributed by atoms with E-state index in [2.05, 4.69) is 21.7 Å². The Morgan fingerprint density at radius 3 is 2.78 bits per heavy atom. The van der Waals surface area contributed by atoms with E-state index in [-0.39, 0.29) is 5.91 Å². The van der Waals surface area contributed by atoms with E-state index in [0.29, 0.717) is 19.1 Å². The Hall–Kier alpha value is -0.870. The van der Waals surface area contributed by atoms with Crippen LogP contribution in [0.25, 0.3) is 0 Å². The molecule has 0 bridgehead atoms. The van der Waals surface area contributed by atoms with Gasteiger partial charge in [0.15, 0.2) is 0 Å². The Balaban J connectivity index is 1.75. The summed E-state index contributed by atoms with van der Waals surface area (Å²) in [6.45, 7) is 9.34. The third-order valence-electron chi connectivity index (χ3n) is 3.95. The number of likely N-dealkylation sites (tertiary alicyclic amines) is 2. The number of piperidine rings is 1. The van der Waals surface area contributed by atoms with Gasteiger partial charge in [-0.3, -0.25) is 14.6 Å². The zero-order valence-corrected chi connectivity index (χ0v) is 11.2. The molecule has 4 heteroatoms. The topological polar surface area (TPSA) is 35.6 Å². The lowest BCUT2D eigenvalue weighted by molar-refractivity contribution is -0.122. The highest BCUT2D eigenvalue weighted by Crippen LogP contribution is 2.20. The molecule has 1 amide bonds. The Bertz CT molecular complexity index is 287. The summed E-state index contributed by atoms with van der Waals surface area (Å²) in [5.41, 5.74) is 0. The van der Waals surface area contributed by atoms with Crippen LogP contribution in [-0.4, -0.2) is 61.0 Å². The molecule has 2 heterocycles. The fourth-order valence-corrected chi connectivity index (χ4v) is 3.02. The van der Waals surface area contributed by atoms with Crippen molar-refractivity contribution in [3.05, 3.63) is 12.7 Å². The predicted molar refractivity (Wildman–Crippen MR) is 73.5 cm³/mol.